The van der Waals surface area contributed by atoms with Crippen molar-refractivity contribution in [2.24, 2.45) is 0 Å². The Morgan fingerprint density at radius 1 is 1.33 bits per heavy atom. The van der Waals surface area contributed by atoms with Crippen molar-refractivity contribution in [2.75, 3.05) is 0 Å². The van der Waals surface area contributed by atoms with E-state index in [-0.39, 0.29) is 0 Å². The summed E-state index contributed by atoms with van der Waals surface area (Å²) in [5.74, 6) is -2.66. The van der Waals surface area contributed by atoms with Crippen LogP contribution in [0.4, 0.5) is 17.6 Å². The highest BCUT2D eigenvalue weighted by Gasteiger charge is 2.16. The van der Waals surface area contributed by atoms with Crippen LogP contribution in [0.3, 0.4) is 0 Å². The molecule has 0 atom stereocenters. The van der Waals surface area contributed by atoms with E-state index < -0.39 is 28.9 Å². The topological polar surface area (TPSA) is 12.9 Å². The van der Waals surface area contributed by atoms with Gasteiger partial charge in [-0.2, -0.15) is 4.39 Å². The molecule has 0 spiro atoms. The first-order chi connectivity index (χ1) is 5.52. The lowest BCUT2D eigenvalue weighted by molar-refractivity contribution is 0.144. The van der Waals surface area contributed by atoms with E-state index in [1.807, 2.05) is 0 Å². The molecule has 1 heterocycles. The number of pyridine rings is 1. The first-order valence-corrected chi connectivity index (χ1v) is 3.19. The van der Waals surface area contributed by atoms with E-state index in [9.17, 15) is 17.6 Å². The Morgan fingerprint density at radius 2 is 1.92 bits per heavy atom. The molecule has 0 amide bonds. The molecular formula is C6H2ClF4N. The molecule has 0 fully saturated rings. The molecule has 1 nitrogen and oxygen atoms in total. The van der Waals surface area contributed by atoms with Crippen molar-refractivity contribution in [2.45, 2.75) is 6.43 Å². The highest BCUT2D eigenvalue weighted by molar-refractivity contribution is 6.30. The molecular weight excluding hydrogens is 198 g/mol. The number of nitrogens with zero attached hydrogens (tertiary/aromatic N) is 1. The summed E-state index contributed by atoms with van der Waals surface area (Å²) >= 11 is 5.00. The van der Waals surface area contributed by atoms with Gasteiger partial charge in [-0.3, -0.25) is 0 Å². The van der Waals surface area contributed by atoms with Gasteiger partial charge in [0.1, 0.15) is 16.5 Å². The van der Waals surface area contributed by atoms with Crippen molar-refractivity contribution < 1.29 is 17.6 Å². The van der Waals surface area contributed by atoms with Gasteiger partial charge in [0.2, 0.25) is 5.95 Å². The smallest absolute Gasteiger partial charge is 0.217 e. The molecule has 0 aliphatic carbocycles. The summed E-state index contributed by atoms with van der Waals surface area (Å²) in [5, 5.41) is -0.876. The first-order valence-electron chi connectivity index (χ1n) is 2.82. The average molecular weight is 200 g/mol. The number of hydrogen-bond acceptors (Lipinski definition) is 1. The third-order valence-corrected chi connectivity index (χ3v) is 1.45. The van der Waals surface area contributed by atoms with Gasteiger partial charge in [0, 0.05) is 6.07 Å². The summed E-state index contributed by atoms with van der Waals surface area (Å²) < 4.78 is 48.5. The predicted molar refractivity (Wildman–Crippen MR) is 34.1 cm³/mol. The van der Waals surface area contributed by atoms with Crippen LogP contribution in [0.2, 0.25) is 5.02 Å². The second kappa shape index (κ2) is 3.26. The van der Waals surface area contributed by atoms with Gasteiger partial charge in [-0.25, -0.2) is 18.2 Å². The summed E-state index contributed by atoms with van der Waals surface area (Å²) in [6, 6.07) is 0.399. The van der Waals surface area contributed by atoms with E-state index in [0.29, 0.717) is 6.07 Å². The van der Waals surface area contributed by atoms with Crippen LogP contribution < -0.4 is 0 Å². The molecule has 66 valence electrons. The van der Waals surface area contributed by atoms with Crippen molar-refractivity contribution in [3.05, 3.63) is 28.5 Å². The monoisotopic (exact) mass is 199 g/mol. The van der Waals surface area contributed by atoms with E-state index in [4.69, 9.17) is 11.6 Å². The van der Waals surface area contributed by atoms with Gasteiger partial charge in [0.25, 0.3) is 6.43 Å². The molecule has 1 aromatic rings. The SMILES string of the molecule is Fc1cc(C(F)F)nc(F)c1Cl. The molecule has 0 unspecified atom stereocenters. The van der Waals surface area contributed by atoms with Gasteiger partial charge < -0.3 is 0 Å². The number of rotatable bonds is 1. The fraction of sp³-hybridized carbons (Fsp3) is 0.167. The average Bonchev–Trinajstić information content (AvgIpc) is 1.99. The molecule has 0 aromatic carbocycles. The number of halogens is 5. The second-order valence-corrected chi connectivity index (χ2v) is 2.31. The lowest BCUT2D eigenvalue weighted by Gasteiger charge is -2.00. The zero-order valence-corrected chi connectivity index (χ0v) is 6.25. The molecule has 0 N–H and O–H groups in total. The third-order valence-electron chi connectivity index (χ3n) is 1.12. The zero-order chi connectivity index (χ0) is 9.30. The number of hydrogen-bond donors (Lipinski definition) is 0. The van der Waals surface area contributed by atoms with Crippen molar-refractivity contribution in [1.82, 2.24) is 4.98 Å². The standard InChI is InChI=1S/C6H2ClF4N/c7-4-2(8)1-3(5(9)10)12-6(4)11/h1,5H. The van der Waals surface area contributed by atoms with E-state index in [1.165, 1.54) is 0 Å². The van der Waals surface area contributed by atoms with Crippen molar-refractivity contribution >= 4 is 11.6 Å². The fourth-order valence-corrected chi connectivity index (χ4v) is 0.695. The van der Waals surface area contributed by atoms with E-state index in [2.05, 4.69) is 4.98 Å². The minimum absolute atomic E-state index is 0.399. The molecule has 1 aromatic heterocycles. The van der Waals surface area contributed by atoms with Gasteiger partial charge in [-0.15, -0.1) is 0 Å². The van der Waals surface area contributed by atoms with Crippen LogP contribution in [-0.4, -0.2) is 4.98 Å². The van der Waals surface area contributed by atoms with Gasteiger partial charge in [-0.1, -0.05) is 11.6 Å². The minimum Gasteiger partial charge on any atom is -0.217 e. The Labute approximate surface area is 70.0 Å². The highest BCUT2D eigenvalue weighted by atomic mass is 35.5. The van der Waals surface area contributed by atoms with Gasteiger partial charge >= 0.3 is 0 Å². The summed E-state index contributed by atoms with van der Waals surface area (Å²) in [7, 11) is 0. The maximum absolute atomic E-state index is 12.5. The molecule has 0 bridgehead atoms. The molecule has 0 aliphatic heterocycles. The quantitative estimate of drug-likeness (QED) is 0.501. The van der Waals surface area contributed by atoms with Crippen LogP contribution in [0, 0.1) is 11.8 Å². The van der Waals surface area contributed by atoms with Gasteiger partial charge in [0.15, 0.2) is 0 Å². The Bertz CT molecular complexity index is 279. The van der Waals surface area contributed by atoms with E-state index in [0.717, 1.165) is 0 Å². The first kappa shape index (κ1) is 9.25. The van der Waals surface area contributed by atoms with Crippen LogP contribution in [-0.2, 0) is 0 Å². The van der Waals surface area contributed by atoms with Crippen molar-refractivity contribution in [3.63, 3.8) is 0 Å². The Balaban J connectivity index is 3.21. The minimum atomic E-state index is -3.01. The molecule has 1 rings (SSSR count). The lowest BCUT2D eigenvalue weighted by atomic mass is 10.3. The van der Waals surface area contributed by atoms with E-state index >= 15 is 0 Å². The Kier molecular flexibility index (Phi) is 2.52. The number of alkyl halides is 2. The lowest BCUT2D eigenvalue weighted by Crippen LogP contribution is -1.96. The van der Waals surface area contributed by atoms with Crippen LogP contribution in [0.5, 0.6) is 0 Å². The molecule has 12 heavy (non-hydrogen) atoms. The summed E-state index contributed by atoms with van der Waals surface area (Å²) in [5.41, 5.74) is -0.964. The summed E-state index contributed by atoms with van der Waals surface area (Å²) in [6.45, 7) is 0. The summed E-state index contributed by atoms with van der Waals surface area (Å²) in [4.78, 5) is 2.74. The second-order valence-electron chi connectivity index (χ2n) is 1.93. The maximum atomic E-state index is 12.5. The van der Waals surface area contributed by atoms with Gasteiger partial charge in [0.05, 0.1) is 0 Å². The molecule has 6 heteroatoms. The molecule has 0 saturated heterocycles. The van der Waals surface area contributed by atoms with Gasteiger partial charge in [-0.05, 0) is 0 Å². The predicted octanol–water partition coefficient (Wildman–Crippen LogP) is 2.95. The van der Waals surface area contributed by atoms with Crippen LogP contribution in [0.25, 0.3) is 0 Å². The van der Waals surface area contributed by atoms with Crippen LogP contribution in [0.15, 0.2) is 6.07 Å². The van der Waals surface area contributed by atoms with Crippen LogP contribution in [0.1, 0.15) is 12.1 Å². The normalized spacial score (nSPS) is 10.8. The third kappa shape index (κ3) is 1.66. The van der Waals surface area contributed by atoms with Crippen molar-refractivity contribution in [1.29, 1.82) is 0 Å². The summed E-state index contributed by atoms with van der Waals surface area (Å²) in [6.07, 6.45) is -3.01. The maximum Gasteiger partial charge on any atom is 0.280 e. The largest absolute Gasteiger partial charge is 0.280 e. The zero-order valence-electron chi connectivity index (χ0n) is 5.49. The fourth-order valence-electron chi connectivity index (χ4n) is 0.598. The Hall–Kier alpha value is -0.840. The Morgan fingerprint density at radius 3 is 2.33 bits per heavy atom. The number of aromatic nitrogens is 1. The van der Waals surface area contributed by atoms with Crippen LogP contribution >= 0.6 is 11.6 Å². The molecule has 0 saturated carbocycles. The van der Waals surface area contributed by atoms with Crippen molar-refractivity contribution in [3.8, 4) is 0 Å². The molecule has 0 aliphatic rings. The van der Waals surface area contributed by atoms with E-state index in [1.54, 1.807) is 0 Å². The molecule has 0 radical (unpaired) electrons. The highest BCUT2D eigenvalue weighted by Crippen LogP contribution is 2.23.